The maximum atomic E-state index is 12.0. The number of amides is 2. The molecule has 1 aromatic heterocycles. The van der Waals surface area contributed by atoms with Crippen LogP contribution in [0.3, 0.4) is 0 Å². The minimum atomic E-state index is -0.387. The Morgan fingerprint density at radius 2 is 2.00 bits per heavy atom. The Morgan fingerprint density at radius 3 is 2.62 bits per heavy atom. The molecule has 0 aliphatic heterocycles. The van der Waals surface area contributed by atoms with E-state index in [9.17, 15) is 9.59 Å². The lowest BCUT2D eigenvalue weighted by molar-refractivity contribution is -0.114. The van der Waals surface area contributed by atoms with Crippen molar-refractivity contribution in [1.82, 2.24) is 9.97 Å². The number of ether oxygens (including phenoxy) is 1. The molecule has 1 heterocycles. The number of aromatic nitrogens is 2. The van der Waals surface area contributed by atoms with E-state index >= 15 is 0 Å². The van der Waals surface area contributed by atoms with Crippen LogP contribution >= 0.6 is 0 Å². The standard InChI is InChI=1S/C14H14N4O3/c1-9(19)17-11-7-10(3-4-13(11)21-2)18-14(20)12-8-15-5-6-16-12/h3-8H,1-2H3,(H,17,19)(H,18,20). The monoisotopic (exact) mass is 286 g/mol. The van der Waals surface area contributed by atoms with Crippen molar-refractivity contribution in [1.29, 1.82) is 0 Å². The highest BCUT2D eigenvalue weighted by molar-refractivity contribution is 6.03. The molecule has 0 atom stereocenters. The lowest BCUT2D eigenvalue weighted by Gasteiger charge is -2.11. The van der Waals surface area contributed by atoms with Gasteiger partial charge in [0.05, 0.1) is 19.0 Å². The molecule has 0 fully saturated rings. The summed E-state index contributed by atoms with van der Waals surface area (Å²) in [5.41, 5.74) is 1.19. The first-order chi connectivity index (χ1) is 10.1. The van der Waals surface area contributed by atoms with E-state index in [4.69, 9.17) is 4.74 Å². The van der Waals surface area contributed by atoms with Crippen molar-refractivity contribution < 1.29 is 14.3 Å². The molecule has 0 aliphatic rings. The Kier molecular flexibility index (Phi) is 4.45. The second kappa shape index (κ2) is 6.47. The zero-order chi connectivity index (χ0) is 15.2. The fourth-order valence-electron chi connectivity index (χ4n) is 1.68. The molecule has 0 bridgehead atoms. The summed E-state index contributed by atoms with van der Waals surface area (Å²) in [5, 5.41) is 5.31. The number of carbonyl (C=O) groups is 2. The summed E-state index contributed by atoms with van der Waals surface area (Å²) in [5.74, 6) is -0.115. The summed E-state index contributed by atoms with van der Waals surface area (Å²) in [6, 6.07) is 4.92. The summed E-state index contributed by atoms with van der Waals surface area (Å²) >= 11 is 0. The molecule has 1 aromatic carbocycles. The van der Waals surface area contributed by atoms with Gasteiger partial charge in [-0.2, -0.15) is 0 Å². The lowest BCUT2D eigenvalue weighted by atomic mass is 10.2. The number of nitrogens with zero attached hydrogens (tertiary/aromatic N) is 2. The highest BCUT2D eigenvalue weighted by atomic mass is 16.5. The topological polar surface area (TPSA) is 93.2 Å². The Hall–Kier alpha value is -2.96. The molecular weight excluding hydrogens is 272 g/mol. The van der Waals surface area contributed by atoms with Gasteiger partial charge in [0.15, 0.2) is 0 Å². The second-order valence-electron chi connectivity index (χ2n) is 4.14. The minimum Gasteiger partial charge on any atom is -0.495 e. The third-order valence-corrected chi connectivity index (χ3v) is 2.56. The number of anilines is 2. The van der Waals surface area contributed by atoms with Gasteiger partial charge in [0, 0.05) is 25.0 Å². The van der Waals surface area contributed by atoms with E-state index in [1.807, 2.05) is 0 Å². The average molecular weight is 286 g/mol. The molecule has 0 spiro atoms. The van der Waals surface area contributed by atoms with E-state index in [-0.39, 0.29) is 17.5 Å². The van der Waals surface area contributed by atoms with Crippen LogP contribution in [0.5, 0.6) is 5.75 Å². The largest absolute Gasteiger partial charge is 0.495 e. The maximum absolute atomic E-state index is 12.0. The molecule has 2 rings (SSSR count). The van der Waals surface area contributed by atoms with E-state index in [0.29, 0.717) is 17.1 Å². The van der Waals surface area contributed by atoms with Crippen LogP contribution in [0.1, 0.15) is 17.4 Å². The summed E-state index contributed by atoms with van der Waals surface area (Å²) in [4.78, 5) is 30.9. The number of nitrogens with one attached hydrogen (secondary N) is 2. The molecule has 0 radical (unpaired) electrons. The molecule has 2 N–H and O–H groups in total. The number of hydrogen-bond donors (Lipinski definition) is 2. The fraction of sp³-hybridized carbons (Fsp3) is 0.143. The molecule has 0 unspecified atom stereocenters. The van der Waals surface area contributed by atoms with Crippen LogP contribution in [0.2, 0.25) is 0 Å². The third-order valence-electron chi connectivity index (χ3n) is 2.56. The first-order valence-electron chi connectivity index (χ1n) is 6.13. The van der Waals surface area contributed by atoms with Crippen molar-refractivity contribution in [2.24, 2.45) is 0 Å². The van der Waals surface area contributed by atoms with Gasteiger partial charge in [-0.3, -0.25) is 14.6 Å². The molecule has 21 heavy (non-hydrogen) atoms. The summed E-state index contributed by atoms with van der Waals surface area (Å²) in [6.07, 6.45) is 4.29. The summed E-state index contributed by atoms with van der Waals surface area (Å²) in [6.45, 7) is 1.39. The van der Waals surface area contributed by atoms with Crippen LogP contribution in [0.25, 0.3) is 0 Å². The van der Waals surface area contributed by atoms with Gasteiger partial charge in [-0.15, -0.1) is 0 Å². The third kappa shape index (κ3) is 3.75. The average Bonchev–Trinajstić information content (AvgIpc) is 2.48. The van der Waals surface area contributed by atoms with E-state index in [2.05, 4.69) is 20.6 Å². The number of hydrogen-bond acceptors (Lipinski definition) is 5. The van der Waals surface area contributed by atoms with Crippen molar-refractivity contribution in [3.63, 3.8) is 0 Å². The summed E-state index contributed by atoms with van der Waals surface area (Å²) in [7, 11) is 1.50. The van der Waals surface area contributed by atoms with Gasteiger partial charge in [-0.05, 0) is 18.2 Å². The van der Waals surface area contributed by atoms with E-state index in [1.165, 1.54) is 32.6 Å². The summed E-state index contributed by atoms with van der Waals surface area (Å²) < 4.78 is 5.14. The fourth-order valence-corrected chi connectivity index (χ4v) is 1.68. The van der Waals surface area contributed by atoms with Gasteiger partial charge in [-0.25, -0.2) is 4.98 Å². The van der Waals surface area contributed by atoms with Crippen molar-refractivity contribution in [3.8, 4) is 5.75 Å². The maximum Gasteiger partial charge on any atom is 0.275 e. The van der Waals surface area contributed by atoms with Crippen molar-refractivity contribution in [2.45, 2.75) is 6.92 Å². The predicted molar refractivity (Wildman–Crippen MR) is 77.3 cm³/mol. The molecule has 0 saturated heterocycles. The van der Waals surface area contributed by atoms with Gasteiger partial charge in [0.25, 0.3) is 5.91 Å². The quantitative estimate of drug-likeness (QED) is 0.892. The number of methoxy groups -OCH3 is 1. The van der Waals surface area contributed by atoms with Gasteiger partial charge in [0.1, 0.15) is 11.4 Å². The molecule has 2 amide bonds. The van der Waals surface area contributed by atoms with Crippen LogP contribution in [-0.4, -0.2) is 28.9 Å². The molecule has 7 heteroatoms. The Balaban J connectivity index is 2.20. The van der Waals surface area contributed by atoms with Crippen LogP contribution in [-0.2, 0) is 4.79 Å². The van der Waals surface area contributed by atoms with Crippen molar-refractivity contribution >= 4 is 23.2 Å². The zero-order valence-electron chi connectivity index (χ0n) is 11.6. The number of carbonyl (C=O) groups excluding carboxylic acids is 2. The van der Waals surface area contributed by atoms with E-state index in [1.54, 1.807) is 18.2 Å². The van der Waals surface area contributed by atoms with Crippen molar-refractivity contribution in [2.75, 3.05) is 17.7 Å². The van der Waals surface area contributed by atoms with Crippen LogP contribution < -0.4 is 15.4 Å². The normalized spacial score (nSPS) is 9.81. The Labute approximate surface area is 121 Å². The van der Waals surface area contributed by atoms with Crippen LogP contribution in [0.4, 0.5) is 11.4 Å². The van der Waals surface area contributed by atoms with Crippen LogP contribution in [0, 0.1) is 0 Å². The highest BCUT2D eigenvalue weighted by Gasteiger charge is 2.10. The van der Waals surface area contributed by atoms with Gasteiger partial charge in [0.2, 0.25) is 5.91 Å². The van der Waals surface area contributed by atoms with E-state index in [0.717, 1.165) is 0 Å². The minimum absolute atomic E-state index is 0.203. The first kappa shape index (κ1) is 14.4. The van der Waals surface area contributed by atoms with E-state index < -0.39 is 0 Å². The van der Waals surface area contributed by atoms with Gasteiger partial charge >= 0.3 is 0 Å². The molecule has 2 aromatic rings. The van der Waals surface area contributed by atoms with Gasteiger partial charge < -0.3 is 15.4 Å². The molecule has 7 nitrogen and oxygen atoms in total. The second-order valence-corrected chi connectivity index (χ2v) is 4.14. The van der Waals surface area contributed by atoms with Crippen molar-refractivity contribution in [3.05, 3.63) is 42.5 Å². The lowest BCUT2D eigenvalue weighted by Crippen LogP contribution is -2.14. The number of rotatable bonds is 4. The first-order valence-corrected chi connectivity index (χ1v) is 6.13. The highest BCUT2D eigenvalue weighted by Crippen LogP contribution is 2.27. The molecule has 0 saturated carbocycles. The zero-order valence-corrected chi connectivity index (χ0v) is 11.6. The van der Waals surface area contributed by atoms with Crippen LogP contribution in [0.15, 0.2) is 36.8 Å². The SMILES string of the molecule is COc1ccc(NC(=O)c2cnccn2)cc1NC(C)=O. The Morgan fingerprint density at radius 1 is 1.19 bits per heavy atom. The molecule has 0 aliphatic carbocycles. The molecular formula is C14H14N4O3. The predicted octanol–water partition coefficient (Wildman–Crippen LogP) is 1.70. The Bertz CT molecular complexity index is 659. The molecule has 108 valence electrons. The van der Waals surface area contributed by atoms with Gasteiger partial charge in [-0.1, -0.05) is 0 Å². The number of benzene rings is 1. The smallest absolute Gasteiger partial charge is 0.275 e.